The lowest BCUT2D eigenvalue weighted by Gasteiger charge is -2.34. The number of amides is 4. The number of hydrogen-bond donors (Lipinski definition) is 3. The van der Waals surface area contributed by atoms with Crippen LogP contribution in [0.1, 0.15) is 103 Å². The molecule has 0 aromatic heterocycles. The molecular weight excluding hydrogens is 496 g/mol. The van der Waals surface area contributed by atoms with Crippen molar-refractivity contribution in [3.05, 3.63) is 35.4 Å². The van der Waals surface area contributed by atoms with Crippen LogP contribution in [0.25, 0.3) is 0 Å². The zero-order chi connectivity index (χ0) is 29.4. The number of carbonyl (C=O) groups is 4. The standard InChI is InChI=1S/C30H46N4O5/c1-7-10-12-13-14-20-34(28(37)24(21-25(31)35)33-29(38)39-30(4,5)6)26(27(36)32-19-11-8-2)23-17-15-22(9-3)16-18-23/h3,15-18,24,26H,7-8,10-14,19-21H2,1-2,4-6H3,(H2,31,35)(H,32,36)(H,33,38). The van der Waals surface area contributed by atoms with Crippen molar-refractivity contribution < 1.29 is 23.9 Å². The quantitative estimate of drug-likeness (QED) is 0.213. The summed E-state index contributed by atoms with van der Waals surface area (Å²) in [6.07, 6.45) is 10.5. The van der Waals surface area contributed by atoms with Crippen molar-refractivity contribution in [3.8, 4) is 12.3 Å². The third kappa shape index (κ3) is 12.7. The molecule has 0 aliphatic rings. The van der Waals surface area contributed by atoms with Gasteiger partial charge in [-0.15, -0.1) is 6.42 Å². The fourth-order valence-corrected chi connectivity index (χ4v) is 4.02. The van der Waals surface area contributed by atoms with Gasteiger partial charge in [0.05, 0.1) is 6.42 Å². The number of carbonyl (C=O) groups excluding carboxylic acids is 4. The number of nitrogens with two attached hydrogens (primary N) is 1. The van der Waals surface area contributed by atoms with E-state index < -0.39 is 42.0 Å². The van der Waals surface area contributed by atoms with Gasteiger partial charge in [0.1, 0.15) is 17.7 Å². The fourth-order valence-electron chi connectivity index (χ4n) is 4.02. The van der Waals surface area contributed by atoms with E-state index in [1.807, 2.05) is 6.92 Å². The average Bonchev–Trinajstić information content (AvgIpc) is 2.86. The van der Waals surface area contributed by atoms with Gasteiger partial charge in [0.15, 0.2) is 0 Å². The molecule has 0 saturated heterocycles. The molecule has 9 heteroatoms. The van der Waals surface area contributed by atoms with Crippen LogP contribution >= 0.6 is 0 Å². The summed E-state index contributed by atoms with van der Waals surface area (Å²) >= 11 is 0. The van der Waals surface area contributed by atoms with Gasteiger partial charge >= 0.3 is 6.09 Å². The number of nitrogens with zero attached hydrogens (tertiary/aromatic N) is 1. The van der Waals surface area contributed by atoms with Gasteiger partial charge in [0.2, 0.25) is 17.7 Å². The highest BCUT2D eigenvalue weighted by molar-refractivity contribution is 5.94. The molecule has 0 spiro atoms. The molecule has 0 aliphatic carbocycles. The predicted molar refractivity (Wildman–Crippen MR) is 152 cm³/mol. The molecule has 39 heavy (non-hydrogen) atoms. The van der Waals surface area contributed by atoms with E-state index in [2.05, 4.69) is 23.5 Å². The number of primary amides is 1. The molecule has 1 aromatic carbocycles. The first kappa shape index (κ1) is 33.5. The maximum Gasteiger partial charge on any atom is 0.408 e. The van der Waals surface area contributed by atoms with Crippen molar-refractivity contribution in [1.29, 1.82) is 0 Å². The Morgan fingerprint density at radius 2 is 1.62 bits per heavy atom. The normalized spacial score (nSPS) is 12.5. The van der Waals surface area contributed by atoms with E-state index >= 15 is 0 Å². The van der Waals surface area contributed by atoms with Gasteiger partial charge in [0.25, 0.3) is 0 Å². The Balaban J connectivity index is 3.47. The summed E-state index contributed by atoms with van der Waals surface area (Å²) in [7, 11) is 0. The molecule has 216 valence electrons. The molecule has 4 N–H and O–H groups in total. The molecule has 0 fully saturated rings. The summed E-state index contributed by atoms with van der Waals surface area (Å²) in [6.45, 7) is 9.91. The van der Waals surface area contributed by atoms with Crippen LogP contribution in [0.5, 0.6) is 0 Å². The van der Waals surface area contributed by atoms with Gasteiger partial charge < -0.3 is 26.0 Å². The van der Waals surface area contributed by atoms with Crippen LogP contribution in [0.2, 0.25) is 0 Å². The number of alkyl carbamates (subject to hydrolysis) is 1. The van der Waals surface area contributed by atoms with Gasteiger partial charge in [0, 0.05) is 18.7 Å². The second-order valence-corrected chi connectivity index (χ2v) is 10.6. The summed E-state index contributed by atoms with van der Waals surface area (Å²) in [5, 5.41) is 5.43. The van der Waals surface area contributed by atoms with Crippen LogP contribution in [-0.2, 0) is 19.1 Å². The lowest BCUT2D eigenvalue weighted by atomic mass is 10.00. The van der Waals surface area contributed by atoms with E-state index in [0.29, 0.717) is 24.1 Å². The SMILES string of the molecule is C#Cc1ccc(C(C(=O)NCCCC)N(CCCCCCC)C(=O)C(CC(N)=O)NC(=O)OC(C)(C)C)cc1. The number of terminal acetylenes is 1. The monoisotopic (exact) mass is 542 g/mol. The van der Waals surface area contributed by atoms with E-state index in [1.165, 1.54) is 4.90 Å². The summed E-state index contributed by atoms with van der Waals surface area (Å²) < 4.78 is 5.32. The summed E-state index contributed by atoms with van der Waals surface area (Å²) in [6, 6.07) is 4.57. The van der Waals surface area contributed by atoms with E-state index in [4.69, 9.17) is 16.9 Å². The van der Waals surface area contributed by atoms with Crippen LogP contribution in [0.4, 0.5) is 4.79 Å². The summed E-state index contributed by atoms with van der Waals surface area (Å²) in [5.41, 5.74) is 5.84. The number of nitrogens with one attached hydrogen (secondary N) is 2. The maximum absolute atomic E-state index is 14.0. The van der Waals surface area contributed by atoms with E-state index in [9.17, 15) is 19.2 Å². The van der Waals surface area contributed by atoms with Gasteiger partial charge in [-0.3, -0.25) is 14.4 Å². The molecular formula is C30H46N4O5. The first-order chi connectivity index (χ1) is 18.4. The Morgan fingerprint density at radius 1 is 1.00 bits per heavy atom. The number of rotatable bonds is 16. The molecule has 2 unspecified atom stereocenters. The van der Waals surface area contributed by atoms with Crippen LogP contribution < -0.4 is 16.4 Å². The second-order valence-electron chi connectivity index (χ2n) is 10.6. The molecule has 9 nitrogen and oxygen atoms in total. The molecule has 0 bridgehead atoms. The smallest absolute Gasteiger partial charge is 0.408 e. The largest absolute Gasteiger partial charge is 0.444 e. The Bertz CT molecular complexity index is 979. The van der Waals surface area contributed by atoms with Crippen molar-refractivity contribution in [2.24, 2.45) is 5.73 Å². The van der Waals surface area contributed by atoms with Crippen molar-refractivity contribution in [1.82, 2.24) is 15.5 Å². The van der Waals surface area contributed by atoms with Crippen molar-refractivity contribution in [2.75, 3.05) is 13.1 Å². The molecule has 0 radical (unpaired) electrons. The topological polar surface area (TPSA) is 131 Å². The van der Waals surface area contributed by atoms with E-state index in [1.54, 1.807) is 45.0 Å². The second kappa shape index (κ2) is 17.1. The summed E-state index contributed by atoms with van der Waals surface area (Å²) in [5.74, 6) is 0.844. The molecule has 1 aromatic rings. The van der Waals surface area contributed by atoms with Gasteiger partial charge in [-0.2, -0.15) is 0 Å². The number of ether oxygens (including phenoxy) is 1. The van der Waals surface area contributed by atoms with Crippen LogP contribution in [-0.4, -0.2) is 53.4 Å². The van der Waals surface area contributed by atoms with Gasteiger partial charge in [-0.25, -0.2) is 4.79 Å². The number of unbranched alkanes of at least 4 members (excludes halogenated alkanes) is 5. The highest BCUT2D eigenvalue weighted by Crippen LogP contribution is 2.25. The third-order valence-electron chi connectivity index (χ3n) is 5.96. The lowest BCUT2D eigenvalue weighted by molar-refractivity contribution is -0.143. The maximum atomic E-state index is 14.0. The molecule has 1 rings (SSSR count). The average molecular weight is 543 g/mol. The van der Waals surface area contributed by atoms with Crippen LogP contribution in [0.3, 0.4) is 0 Å². The third-order valence-corrected chi connectivity index (χ3v) is 5.96. The summed E-state index contributed by atoms with van der Waals surface area (Å²) in [4.78, 5) is 53.5. The fraction of sp³-hybridized carbons (Fsp3) is 0.600. The minimum atomic E-state index is -1.30. The number of benzene rings is 1. The molecule has 0 saturated carbocycles. The Morgan fingerprint density at radius 3 is 2.15 bits per heavy atom. The van der Waals surface area contributed by atoms with Gasteiger partial charge in [-0.1, -0.05) is 64.0 Å². The van der Waals surface area contributed by atoms with Gasteiger partial charge in [-0.05, 0) is 51.3 Å². The molecule has 0 heterocycles. The minimum Gasteiger partial charge on any atom is -0.444 e. The highest BCUT2D eigenvalue weighted by Gasteiger charge is 2.36. The highest BCUT2D eigenvalue weighted by atomic mass is 16.6. The molecule has 0 aliphatic heterocycles. The molecule has 2 atom stereocenters. The van der Waals surface area contributed by atoms with E-state index in [0.717, 1.165) is 38.5 Å². The Labute approximate surface area is 233 Å². The van der Waals surface area contributed by atoms with Crippen molar-refractivity contribution >= 4 is 23.8 Å². The van der Waals surface area contributed by atoms with E-state index in [-0.39, 0.29) is 12.5 Å². The Kier molecular flexibility index (Phi) is 14.7. The van der Waals surface area contributed by atoms with Crippen LogP contribution in [0.15, 0.2) is 24.3 Å². The number of hydrogen-bond acceptors (Lipinski definition) is 5. The molecule has 4 amide bonds. The predicted octanol–water partition coefficient (Wildman–Crippen LogP) is 4.19. The minimum absolute atomic E-state index is 0.247. The first-order valence-corrected chi connectivity index (χ1v) is 13.9. The Hall–Kier alpha value is -3.54. The zero-order valence-corrected chi connectivity index (χ0v) is 24.2. The van der Waals surface area contributed by atoms with Crippen molar-refractivity contribution in [3.63, 3.8) is 0 Å². The lowest BCUT2D eigenvalue weighted by Crippen LogP contribution is -2.54. The van der Waals surface area contributed by atoms with Crippen LogP contribution in [0, 0.1) is 12.3 Å². The first-order valence-electron chi connectivity index (χ1n) is 13.9. The van der Waals surface area contributed by atoms with Crippen molar-refractivity contribution in [2.45, 2.75) is 104 Å². The zero-order valence-electron chi connectivity index (χ0n) is 24.2.